The number of hydrogen-bond acceptors (Lipinski definition) is 5. The van der Waals surface area contributed by atoms with Crippen molar-refractivity contribution in [2.24, 2.45) is 0 Å². The second-order valence-corrected chi connectivity index (χ2v) is 10.7. The molecular weight excluding hydrogens is 552 g/mol. The number of nitrogens with zero attached hydrogens (tertiary/aromatic N) is 3. The number of rotatable bonds is 6. The third-order valence-corrected chi connectivity index (χ3v) is 7.74. The first-order valence-corrected chi connectivity index (χ1v) is 14.8. The van der Waals surface area contributed by atoms with Gasteiger partial charge in [0.2, 0.25) is 0 Å². The molecule has 216 valence electrons. The van der Waals surface area contributed by atoms with Gasteiger partial charge in [0.05, 0.1) is 12.8 Å². The second kappa shape index (κ2) is 12.2. The van der Waals surface area contributed by atoms with E-state index in [-0.39, 0.29) is 0 Å². The van der Waals surface area contributed by atoms with Gasteiger partial charge >= 0.3 is 0 Å². The average Bonchev–Trinajstić information content (AvgIpc) is 3.09. The molecule has 0 aliphatic rings. The minimum absolute atomic E-state index is 0.674. The van der Waals surface area contributed by atoms with Crippen LogP contribution in [0.3, 0.4) is 0 Å². The molecule has 5 nitrogen and oxygen atoms in total. The highest BCUT2D eigenvalue weighted by molar-refractivity contribution is 6.17. The highest BCUT2D eigenvalue weighted by Gasteiger charge is 2.21. The molecule has 7 aromatic rings. The molecule has 0 radical (unpaired) electrons. The number of ether oxygens (including phenoxy) is 1. The van der Waals surface area contributed by atoms with Crippen LogP contribution in [0.2, 0.25) is 0 Å². The van der Waals surface area contributed by atoms with E-state index in [1.54, 1.807) is 13.3 Å². The summed E-state index contributed by atoms with van der Waals surface area (Å²) < 4.78 is 5.49. The van der Waals surface area contributed by atoms with Crippen molar-refractivity contribution in [3.8, 4) is 17.6 Å². The first kappa shape index (κ1) is 27.7. The molecule has 0 aliphatic heterocycles. The first-order valence-electron chi connectivity index (χ1n) is 14.8. The van der Waals surface area contributed by atoms with E-state index in [9.17, 15) is 0 Å². The number of anilines is 5. The molecule has 1 N–H and O–H groups in total. The first-order chi connectivity index (χ1) is 22.2. The third kappa shape index (κ3) is 5.65. The van der Waals surface area contributed by atoms with Gasteiger partial charge in [0.1, 0.15) is 23.1 Å². The topological polar surface area (TPSA) is 50.3 Å². The smallest absolute Gasteiger partial charge is 0.132 e. The zero-order valence-corrected chi connectivity index (χ0v) is 25.0. The predicted octanol–water partition coefficient (Wildman–Crippen LogP) is 9.71. The number of fused-ring (bicyclic) bond motifs is 2. The second-order valence-electron chi connectivity index (χ2n) is 10.7. The molecule has 0 spiro atoms. The van der Waals surface area contributed by atoms with E-state index < -0.39 is 0 Å². The number of hydrogen-bond donors (Lipinski definition) is 1. The van der Waals surface area contributed by atoms with Crippen molar-refractivity contribution in [1.29, 1.82) is 0 Å². The maximum absolute atomic E-state index is 5.49. The molecule has 7 rings (SSSR count). The normalized spacial score (nSPS) is 10.7. The van der Waals surface area contributed by atoms with Crippen LogP contribution in [0.15, 0.2) is 140 Å². The molecule has 2 aromatic heterocycles. The lowest BCUT2D eigenvalue weighted by Gasteiger charge is -2.29. The van der Waals surface area contributed by atoms with Gasteiger partial charge in [-0.25, -0.2) is 9.97 Å². The van der Waals surface area contributed by atoms with E-state index in [1.807, 2.05) is 48.5 Å². The Labute approximate surface area is 262 Å². The largest absolute Gasteiger partial charge is 0.497 e. The Morgan fingerprint density at radius 1 is 0.600 bits per heavy atom. The van der Waals surface area contributed by atoms with Crippen molar-refractivity contribution < 1.29 is 4.74 Å². The summed E-state index contributed by atoms with van der Waals surface area (Å²) >= 11 is 0. The summed E-state index contributed by atoms with van der Waals surface area (Å²) in [5, 5.41) is 7.63. The standard InChI is InChI=1S/C40H30N4O/c1-28-17-20-30(21-18-28)44(31-22-24-32(45-2)25-23-31)40-36-13-5-3-11-33(36)35(34-12-4-6-14-37(34)40)26-19-29-10-9-16-39(42-29)43-38-15-7-8-27-41-38/h3-18,20-25,27H,1-2H3,(H,41,42,43). The minimum atomic E-state index is 0.674. The van der Waals surface area contributed by atoms with Crippen LogP contribution in [0.5, 0.6) is 5.75 Å². The number of aryl methyl sites for hydroxylation is 1. The lowest BCUT2D eigenvalue weighted by atomic mass is 9.93. The molecule has 2 heterocycles. The van der Waals surface area contributed by atoms with Gasteiger partial charge in [-0.3, -0.25) is 0 Å². The molecule has 0 aliphatic carbocycles. The van der Waals surface area contributed by atoms with Crippen LogP contribution in [0.25, 0.3) is 21.5 Å². The van der Waals surface area contributed by atoms with E-state index in [1.165, 1.54) is 5.56 Å². The molecule has 5 heteroatoms. The summed E-state index contributed by atoms with van der Waals surface area (Å²) in [7, 11) is 1.69. The molecule has 0 atom stereocenters. The summed E-state index contributed by atoms with van der Waals surface area (Å²) in [5.74, 6) is 9.11. The Balaban J connectivity index is 1.42. The zero-order valence-electron chi connectivity index (χ0n) is 25.0. The quantitative estimate of drug-likeness (QED) is 0.156. The number of aromatic nitrogens is 2. The third-order valence-electron chi connectivity index (χ3n) is 7.74. The van der Waals surface area contributed by atoms with E-state index in [0.29, 0.717) is 11.5 Å². The van der Waals surface area contributed by atoms with Gasteiger partial charge in [-0.2, -0.15) is 0 Å². The van der Waals surface area contributed by atoms with Gasteiger partial charge in [0.25, 0.3) is 0 Å². The molecule has 0 unspecified atom stereocenters. The maximum Gasteiger partial charge on any atom is 0.132 e. The van der Waals surface area contributed by atoms with Crippen LogP contribution in [-0.2, 0) is 0 Å². The van der Waals surface area contributed by atoms with Crippen molar-refractivity contribution in [1.82, 2.24) is 9.97 Å². The molecule has 45 heavy (non-hydrogen) atoms. The summed E-state index contributed by atoms with van der Waals surface area (Å²) in [6.45, 7) is 2.11. The maximum atomic E-state index is 5.49. The van der Waals surface area contributed by atoms with Crippen LogP contribution in [0.4, 0.5) is 28.7 Å². The summed E-state index contributed by atoms with van der Waals surface area (Å²) in [6, 6.07) is 45.4. The van der Waals surface area contributed by atoms with Crippen molar-refractivity contribution >= 4 is 50.2 Å². The average molecular weight is 583 g/mol. The Morgan fingerprint density at radius 3 is 1.82 bits per heavy atom. The van der Waals surface area contributed by atoms with Gasteiger partial charge in [-0.1, -0.05) is 84.3 Å². The van der Waals surface area contributed by atoms with Crippen molar-refractivity contribution in [3.05, 3.63) is 156 Å². The van der Waals surface area contributed by atoms with Crippen LogP contribution in [0.1, 0.15) is 16.8 Å². The van der Waals surface area contributed by atoms with Gasteiger partial charge in [-0.05, 0) is 73.5 Å². The molecule has 0 bridgehead atoms. The Morgan fingerprint density at radius 2 is 1.20 bits per heavy atom. The summed E-state index contributed by atoms with van der Waals surface area (Å²) in [4.78, 5) is 11.4. The molecule has 0 amide bonds. The highest BCUT2D eigenvalue weighted by atomic mass is 16.5. The molecular formula is C40H30N4O. The van der Waals surface area contributed by atoms with Gasteiger partial charge in [-0.15, -0.1) is 0 Å². The monoisotopic (exact) mass is 582 g/mol. The van der Waals surface area contributed by atoms with E-state index in [0.717, 1.165) is 55.7 Å². The summed E-state index contributed by atoms with van der Waals surface area (Å²) in [6.07, 6.45) is 1.75. The number of methoxy groups -OCH3 is 1. The van der Waals surface area contributed by atoms with E-state index in [4.69, 9.17) is 9.72 Å². The fourth-order valence-corrected chi connectivity index (χ4v) is 5.58. The van der Waals surface area contributed by atoms with Gasteiger partial charge < -0.3 is 15.0 Å². The molecule has 5 aromatic carbocycles. The Kier molecular flexibility index (Phi) is 7.53. The van der Waals surface area contributed by atoms with Crippen LogP contribution < -0.4 is 15.0 Å². The van der Waals surface area contributed by atoms with Crippen molar-refractivity contribution in [2.45, 2.75) is 6.92 Å². The zero-order chi connectivity index (χ0) is 30.6. The van der Waals surface area contributed by atoms with Crippen LogP contribution in [-0.4, -0.2) is 17.1 Å². The fraction of sp³-hybridized carbons (Fsp3) is 0.0500. The molecule has 0 saturated heterocycles. The van der Waals surface area contributed by atoms with Crippen LogP contribution in [0, 0.1) is 18.8 Å². The van der Waals surface area contributed by atoms with E-state index >= 15 is 0 Å². The SMILES string of the molecule is COc1ccc(N(c2ccc(C)cc2)c2c3ccccc3c(C#Cc3cccc(Nc4ccccn4)n3)c3ccccc23)cc1. The number of nitrogens with one attached hydrogen (secondary N) is 1. The minimum Gasteiger partial charge on any atom is -0.497 e. The lowest BCUT2D eigenvalue weighted by Crippen LogP contribution is -2.11. The predicted molar refractivity (Wildman–Crippen MR) is 185 cm³/mol. The highest BCUT2D eigenvalue weighted by Crippen LogP contribution is 2.45. The Bertz CT molecular complexity index is 2120. The number of benzene rings is 5. The molecule has 0 saturated carbocycles. The summed E-state index contributed by atoms with van der Waals surface area (Å²) in [5.41, 5.74) is 6.06. The Hall–Kier alpha value is -6.12. The van der Waals surface area contributed by atoms with Crippen molar-refractivity contribution in [2.75, 3.05) is 17.3 Å². The number of pyridine rings is 2. The lowest BCUT2D eigenvalue weighted by molar-refractivity contribution is 0.415. The van der Waals surface area contributed by atoms with Gasteiger partial charge in [0.15, 0.2) is 0 Å². The molecule has 0 fully saturated rings. The van der Waals surface area contributed by atoms with E-state index in [2.05, 4.69) is 119 Å². The fourth-order valence-electron chi connectivity index (χ4n) is 5.58. The van der Waals surface area contributed by atoms with Crippen molar-refractivity contribution in [3.63, 3.8) is 0 Å². The van der Waals surface area contributed by atoms with Crippen LogP contribution >= 0.6 is 0 Å². The van der Waals surface area contributed by atoms with Gasteiger partial charge in [0, 0.05) is 44.7 Å².